The lowest BCUT2D eigenvalue weighted by Gasteiger charge is -2.13. The number of carbonyl (C=O) groups is 1. The zero-order valence-electron chi connectivity index (χ0n) is 9.28. The number of halogens is 3. The Morgan fingerprint density at radius 1 is 1.39 bits per heavy atom. The fourth-order valence-corrected chi connectivity index (χ4v) is 1.69. The molecule has 0 aliphatic rings. The van der Waals surface area contributed by atoms with Gasteiger partial charge in [0.1, 0.15) is 0 Å². The molecule has 1 rings (SSSR count). The Labute approximate surface area is 106 Å². The fourth-order valence-electron chi connectivity index (χ4n) is 1.13. The normalized spacial score (nSPS) is 12.6. The molecule has 0 saturated carbocycles. The Hall–Kier alpha value is -1.68. The van der Waals surface area contributed by atoms with E-state index in [4.69, 9.17) is 5.26 Å². The van der Waals surface area contributed by atoms with E-state index in [0.29, 0.717) is 11.3 Å². The lowest BCUT2D eigenvalue weighted by molar-refractivity contribution is -0.115. The van der Waals surface area contributed by atoms with Crippen LogP contribution >= 0.6 is 11.8 Å². The van der Waals surface area contributed by atoms with Gasteiger partial charge >= 0.3 is 5.51 Å². The highest BCUT2D eigenvalue weighted by Gasteiger charge is 2.34. The highest BCUT2D eigenvalue weighted by Crippen LogP contribution is 2.34. The van der Waals surface area contributed by atoms with Crippen molar-refractivity contribution in [1.29, 1.82) is 5.26 Å². The number of nitriles is 1. The van der Waals surface area contributed by atoms with Crippen LogP contribution in [0.2, 0.25) is 0 Å². The molecular weight excluding hydrogens is 265 g/mol. The molecule has 0 aliphatic heterocycles. The van der Waals surface area contributed by atoms with Crippen LogP contribution in [0.25, 0.3) is 0 Å². The van der Waals surface area contributed by atoms with Crippen LogP contribution in [0.5, 0.6) is 0 Å². The van der Waals surface area contributed by atoms with E-state index in [9.17, 15) is 18.0 Å². The molecule has 0 aliphatic carbocycles. The van der Waals surface area contributed by atoms with Gasteiger partial charge in [-0.3, -0.25) is 4.79 Å². The number of alkyl halides is 3. The Balaban J connectivity index is 2.61. The third-order valence-electron chi connectivity index (χ3n) is 1.96. The summed E-state index contributed by atoms with van der Waals surface area (Å²) in [6.07, 6.45) is 0. The van der Waals surface area contributed by atoms with Gasteiger partial charge in [-0.2, -0.15) is 18.4 Å². The summed E-state index contributed by atoms with van der Waals surface area (Å²) in [6, 6.07) is 7.75. The maximum absolute atomic E-state index is 12.1. The molecule has 0 bridgehead atoms. The van der Waals surface area contributed by atoms with Crippen LogP contribution < -0.4 is 5.32 Å². The van der Waals surface area contributed by atoms with E-state index in [-0.39, 0.29) is 11.8 Å². The van der Waals surface area contributed by atoms with Gasteiger partial charge in [0.15, 0.2) is 0 Å². The van der Waals surface area contributed by atoms with Crippen molar-refractivity contribution >= 4 is 23.4 Å². The van der Waals surface area contributed by atoms with Crippen LogP contribution in [-0.4, -0.2) is 16.7 Å². The maximum atomic E-state index is 12.1. The molecule has 1 unspecified atom stereocenters. The number of thioether (sulfide) groups is 1. The Morgan fingerprint density at radius 2 is 1.94 bits per heavy atom. The number of carbonyl (C=O) groups excluding carboxylic acids is 1. The van der Waals surface area contributed by atoms with Crippen molar-refractivity contribution in [2.24, 2.45) is 0 Å². The number of rotatable bonds is 3. The smallest absolute Gasteiger partial charge is 0.325 e. The number of hydrogen-bond acceptors (Lipinski definition) is 3. The summed E-state index contributed by atoms with van der Waals surface area (Å²) >= 11 is -0.373. The molecule has 1 N–H and O–H groups in total. The van der Waals surface area contributed by atoms with E-state index in [1.54, 1.807) is 0 Å². The van der Waals surface area contributed by atoms with Crippen LogP contribution in [0.3, 0.4) is 0 Å². The number of nitrogens with one attached hydrogen (secondary N) is 1. The van der Waals surface area contributed by atoms with Gasteiger partial charge in [0, 0.05) is 5.69 Å². The van der Waals surface area contributed by atoms with Crippen molar-refractivity contribution in [1.82, 2.24) is 0 Å². The number of hydrogen-bond donors (Lipinski definition) is 1. The standard InChI is InChI=1S/C11H9F3N2OS/c1-7(18-11(12,13)14)10(17)16-9-4-2-8(6-15)3-5-9/h2-5,7H,1H3,(H,16,17). The van der Waals surface area contributed by atoms with Crippen molar-refractivity contribution in [2.75, 3.05) is 5.32 Å². The van der Waals surface area contributed by atoms with Gasteiger partial charge < -0.3 is 5.32 Å². The summed E-state index contributed by atoms with van der Waals surface area (Å²) in [5.41, 5.74) is -3.68. The minimum Gasteiger partial charge on any atom is -0.325 e. The summed E-state index contributed by atoms with van der Waals surface area (Å²) in [6.45, 7) is 1.18. The summed E-state index contributed by atoms with van der Waals surface area (Å²) in [4.78, 5) is 11.4. The minimum absolute atomic E-state index is 0.355. The molecular formula is C11H9F3N2OS. The average molecular weight is 274 g/mol. The van der Waals surface area contributed by atoms with Crippen molar-refractivity contribution in [3.05, 3.63) is 29.8 Å². The van der Waals surface area contributed by atoms with Crippen molar-refractivity contribution in [3.8, 4) is 6.07 Å². The Kier molecular flexibility index (Phi) is 4.62. The van der Waals surface area contributed by atoms with Crippen LogP contribution in [0.1, 0.15) is 12.5 Å². The second-order valence-electron chi connectivity index (χ2n) is 3.38. The van der Waals surface area contributed by atoms with E-state index in [2.05, 4.69) is 5.32 Å². The minimum atomic E-state index is -4.44. The lowest BCUT2D eigenvalue weighted by atomic mass is 10.2. The molecule has 1 atom stereocenters. The SMILES string of the molecule is CC(SC(F)(F)F)C(=O)Nc1ccc(C#N)cc1. The van der Waals surface area contributed by atoms with Crippen LogP contribution in [0.4, 0.5) is 18.9 Å². The van der Waals surface area contributed by atoms with Crippen molar-refractivity contribution < 1.29 is 18.0 Å². The first kappa shape index (κ1) is 14.4. The number of amides is 1. The average Bonchev–Trinajstić information content (AvgIpc) is 2.27. The second-order valence-corrected chi connectivity index (χ2v) is 4.79. The summed E-state index contributed by atoms with van der Waals surface area (Å²) < 4.78 is 36.2. The first-order chi connectivity index (χ1) is 8.31. The molecule has 0 spiro atoms. The first-order valence-electron chi connectivity index (χ1n) is 4.87. The number of nitrogens with zero attached hydrogens (tertiary/aromatic N) is 1. The van der Waals surface area contributed by atoms with E-state index < -0.39 is 16.7 Å². The fraction of sp³-hybridized carbons (Fsp3) is 0.273. The largest absolute Gasteiger partial charge is 0.442 e. The molecule has 0 saturated heterocycles. The van der Waals surface area contributed by atoms with E-state index in [1.807, 2.05) is 6.07 Å². The van der Waals surface area contributed by atoms with Gasteiger partial charge in [0.25, 0.3) is 0 Å². The lowest BCUT2D eigenvalue weighted by Crippen LogP contribution is -2.25. The highest BCUT2D eigenvalue weighted by atomic mass is 32.2. The summed E-state index contributed by atoms with van der Waals surface area (Å²) in [7, 11) is 0. The summed E-state index contributed by atoms with van der Waals surface area (Å²) in [5.74, 6) is -0.734. The number of anilines is 1. The van der Waals surface area contributed by atoms with E-state index >= 15 is 0 Å². The highest BCUT2D eigenvalue weighted by molar-refractivity contribution is 8.01. The first-order valence-corrected chi connectivity index (χ1v) is 5.75. The molecule has 96 valence electrons. The van der Waals surface area contributed by atoms with Gasteiger partial charge in [-0.05, 0) is 43.0 Å². The van der Waals surface area contributed by atoms with Gasteiger partial charge in [-0.1, -0.05) is 0 Å². The van der Waals surface area contributed by atoms with Crippen LogP contribution in [0, 0.1) is 11.3 Å². The van der Waals surface area contributed by atoms with E-state index in [1.165, 1.54) is 31.2 Å². The Morgan fingerprint density at radius 3 is 2.39 bits per heavy atom. The second kappa shape index (κ2) is 5.78. The molecule has 0 fully saturated rings. The molecule has 0 aromatic heterocycles. The van der Waals surface area contributed by atoms with Gasteiger partial charge in [-0.25, -0.2) is 0 Å². The molecule has 7 heteroatoms. The van der Waals surface area contributed by atoms with Crippen molar-refractivity contribution in [2.45, 2.75) is 17.7 Å². The molecule has 0 radical (unpaired) electrons. The summed E-state index contributed by atoms with van der Waals surface area (Å²) in [5, 5.41) is 9.67. The molecule has 18 heavy (non-hydrogen) atoms. The molecule has 1 amide bonds. The third kappa shape index (κ3) is 4.67. The van der Waals surface area contributed by atoms with Crippen LogP contribution in [0.15, 0.2) is 24.3 Å². The quantitative estimate of drug-likeness (QED) is 0.921. The Bertz CT molecular complexity index is 465. The molecule has 3 nitrogen and oxygen atoms in total. The molecule has 0 heterocycles. The van der Waals surface area contributed by atoms with Gasteiger partial charge in [-0.15, -0.1) is 0 Å². The predicted molar refractivity (Wildman–Crippen MR) is 62.9 cm³/mol. The topological polar surface area (TPSA) is 52.9 Å². The van der Waals surface area contributed by atoms with Crippen molar-refractivity contribution in [3.63, 3.8) is 0 Å². The van der Waals surface area contributed by atoms with Gasteiger partial charge in [0.2, 0.25) is 5.91 Å². The van der Waals surface area contributed by atoms with Gasteiger partial charge in [0.05, 0.1) is 16.9 Å². The zero-order valence-corrected chi connectivity index (χ0v) is 10.1. The molecule has 1 aromatic rings. The van der Waals surface area contributed by atoms with Crippen LogP contribution in [-0.2, 0) is 4.79 Å². The number of benzene rings is 1. The van der Waals surface area contributed by atoms with E-state index in [0.717, 1.165) is 0 Å². The monoisotopic (exact) mass is 274 g/mol. The maximum Gasteiger partial charge on any atom is 0.442 e. The zero-order chi connectivity index (χ0) is 13.8. The molecule has 1 aromatic carbocycles. The third-order valence-corrected chi connectivity index (χ3v) is 2.80. The predicted octanol–water partition coefficient (Wildman–Crippen LogP) is 3.14.